The molecule has 1 aromatic carbocycles. The van der Waals surface area contributed by atoms with Crippen LogP contribution in [-0.4, -0.2) is 5.88 Å². The van der Waals surface area contributed by atoms with Crippen LogP contribution in [0.4, 0.5) is 11.4 Å². The van der Waals surface area contributed by atoms with E-state index < -0.39 is 0 Å². The van der Waals surface area contributed by atoms with E-state index in [0.29, 0.717) is 11.4 Å². The van der Waals surface area contributed by atoms with E-state index in [0.717, 1.165) is 11.4 Å². The van der Waals surface area contributed by atoms with Crippen molar-refractivity contribution >= 4 is 23.0 Å². The van der Waals surface area contributed by atoms with Crippen molar-refractivity contribution in [3.63, 3.8) is 0 Å². The Bertz CT molecular complexity index is 250. The first-order chi connectivity index (χ1) is 7.13. The molecule has 0 aliphatic rings. The lowest BCUT2D eigenvalue weighted by Gasteiger charge is -2.00. The zero-order valence-electron chi connectivity index (χ0n) is 9.59. The summed E-state index contributed by atoms with van der Waals surface area (Å²) in [6.07, 6.45) is 3.73. The standard InChI is InChI=1S/C7H10N2.C5H11Cl/c1-5-3-2-4-6(8)7(5)9;1-2-3-4-5-6/h2-4H,8-9H2,1H3;2-5H2,1H3. The molecule has 15 heavy (non-hydrogen) atoms. The van der Waals surface area contributed by atoms with Crippen molar-refractivity contribution in [1.82, 2.24) is 0 Å². The molecule has 0 fully saturated rings. The van der Waals surface area contributed by atoms with Gasteiger partial charge in [0.1, 0.15) is 0 Å². The van der Waals surface area contributed by atoms with E-state index in [2.05, 4.69) is 6.92 Å². The minimum absolute atomic E-state index is 0.662. The predicted molar refractivity (Wildman–Crippen MR) is 70.2 cm³/mol. The molecular formula is C12H21ClN2. The van der Waals surface area contributed by atoms with E-state index in [1.54, 1.807) is 6.07 Å². The van der Waals surface area contributed by atoms with Gasteiger partial charge in [0.05, 0.1) is 11.4 Å². The number of para-hydroxylation sites is 1. The highest BCUT2D eigenvalue weighted by Crippen LogP contribution is 2.17. The number of hydrogen-bond acceptors (Lipinski definition) is 2. The average molecular weight is 229 g/mol. The Hall–Kier alpha value is -0.890. The van der Waals surface area contributed by atoms with Crippen LogP contribution in [0.1, 0.15) is 31.7 Å². The zero-order valence-corrected chi connectivity index (χ0v) is 10.3. The molecule has 0 radical (unpaired) electrons. The van der Waals surface area contributed by atoms with Crippen molar-refractivity contribution in [3.05, 3.63) is 23.8 Å². The third-order valence-corrected chi connectivity index (χ3v) is 2.36. The molecule has 0 aliphatic carbocycles. The van der Waals surface area contributed by atoms with Gasteiger partial charge in [0.2, 0.25) is 0 Å². The largest absolute Gasteiger partial charge is 0.397 e. The Morgan fingerprint density at radius 3 is 2.20 bits per heavy atom. The molecule has 0 bridgehead atoms. The Kier molecular flexibility index (Phi) is 7.92. The first-order valence-electron chi connectivity index (χ1n) is 5.30. The number of halogens is 1. The quantitative estimate of drug-likeness (QED) is 0.472. The minimum Gasteiger partial charge on any atom is -0.397 e. The lowest BCUT2D eigenvalue weighted by atomic mass is 10.2. The summed E-state index contributed by atoms with van der Waals surface area (Å²) < 4.78 is 0. The molecule has 0 aliphatic heterocycles. The number of anilines is 2. The van der Waals surface area contributed by atoms with Crippen LogP contribution in [0.5, 0.6) is 0 Å². The van der Waals surface area contributed by atoms with Gasteiger partial charge < -0.3 is 11.5 Å². The summed E-state index contributed by atoms with van der Waals surface area (Å²) in [6.45, 7) is 4.11. The lowest BCUT2D eigenvalue weighted by Crippen LogP contribution is -1.95. The Morgan fingerprint density at radius 1 is 1.20 bits per heavy atom. The summed E-state index contributed by atoms with van der Waals surface area (Å²) in [4.78, 5) is 0. The fourth-order valence-corrected chi connectivity index (χ4v) is 1.24. The Balaban J connectivity index is 0.000000288. The first-order valence-corrected chi connectivity index (χ1v) is 5.83. The van der Waals surface area contributed by atoms with Gasteiger partial charge in [-0.1, -0.05) is 31.9 Å². The van der Waals surface area contributed by atoms with Crippen LogP contribution in [0.2, 0.25) is 0 Å². The number of rotatable bonds is 3. The van der Waals surface area contributed by atoms with Crippen LogP contribution in [0.25, 0.3) is 0 Å². The maximum Gasteiger partial charge on any atom is 0.0577 e. The van der Waals surface area contributed by atoms with Crippen molar-refractivity contribution in [1.29, 1.82) is 0 Å². The fraction of sp³-hybridized carbons (Fsp3) is 0.500. The summed E-state index contributed by atoms with van der Waals surface area (Å²) >= 11 is 5.38. The van der Waals surface area contributed by atoms with E-state index in [4.69, 9.17) is 23.1 Å². The van der Waals surface area contributed by atoms with Crippen molar-refractivity contribution in [2.45, 2.75) is 33.1 Å². The van der Waals surface area contributed by atoms with Crippen LogP contribution in [0, 0.1) is 6.92 Å². The van der Waals surface area contributed by atoms with Gasteiger partial charge in [-0.25, -0.2) is 0 Å². The van der Waals surface area contributed by atoms with Gasteiger partial charge in [-0.15, -0.1) is 11.6 Å². The smallest absolute Gasteiger partial charge is 0.0577 e. The molecule has 0 spiro atoms. The second kappa shape index (κ2) is 8.42. The summed E-state index contributed by atoms with van der Waals surface area (Å²) in [7, 11) is 0. The summed E-state index contributed by atoms with van der Waals surface area (Å²) in [5.74, 6) is 0.827. The van der Waals surface area contributed by atoms with E-state index in [9.17, 15) is 0 Å². The van der Waals surface area contributed by atoms with Gasteiger partial charge in [0, 0.05) is 5.88 Å². The molecule has 1 aromatic rings. The van der Waals surface area contributed by atoms with Crippen LogP contribution < -0.4 is 11.5 Å². The van der Waals surface area contributed by atoms with Gasteiger partial charge in [-0.2, -0.15) is 0 Å². The van der Waals surface area contributed by atoms with Gasteiger partial charge in [-0.3, -0.25) is 0 Å². The second-order valence-electron chi connectivity index (χ2n) is 3.47. The molecule has 0 aromatic heterocycles. The molecule has 0 amide bonds. The molecule has 3 heteroatoms. The third-order valence-electron chi connectivity index (χ3n) is 2.10. The van der Waals surface area contributed by atoms with Crippen molar-refractivity contribution in [2.75, 3.05) is 17.3 Å². The Morgan fingerprint density at radius 2 is 1.87 bits per heavy atom. The van der Waals surface area contributed by atoms with Gasteiger partial charge in [-0.05, 0) is 25.0 Å². The summed E-state index contributed by atoms with van der Waals surface area (Å²) in [5, 5.41) is 0. The molecule has 0 saturated carbocycles. The van der Waals surface area contributed by atoms with E-state index in [1.807, 2.05) is 19.1 Å². The normalized spacial score (nSPS) is 9.27. The van der Waals surface area contributed by atoms with Gasteiger partial charge >= 0.3 is 0 Å². The number of alkyl halides is 1. The molecule has 0 atom stereocenters. The molecule has 1 rings (SSSR count). The average Bonchev–Trinajstić information content (AvgIpc) is 2.24. The van der Waals surface area contributed by atoms with Crippen LogP contribution in [0.3, 0.4) is 0 Å². The lowest BCUT2D eigenvalue weighted by molar-refractivity contribution is 0.776. The van der Waals surface area contributed by atoms with E-state index >= 15 is 0 Å². The predicted octanol–water partition coefficient (Wildman–Crippen LogP) is 3.57. The van der Waals surface area contributed by atoms with Crippen LogP contribution >= 0.6 is 11.6 Å². The number of unbranched alkanes of at least 4 members (excludes halogenated alkanes) is 2. The monoisotopic (exact) mass is 228 g/mol. The summed E-state index contributed by atoms with van der Waals surface area (Å²) in [5.41, 5.74) is 13.4. The molecule has 0 saturated heterocycles. The molecule has 0 unspecified atom stereocenters. The number of benzene rings is 1. The van der Waals surface area contributed by atoms with Crippen molar-refractivity contribution in [3.8, 4) is 0 Å². The molecule has 2 nitrogen and oxygen atoms in total. The topological polar surface area (TPSA) is 52.0 Å². The molecular weight excluding hydrogens is 208 g/mol. The SMILES string of the molecule is CCCCCCl.Cc1cccc(N)c1N. The highest BCUT2D eigenvalue weighted by atomic mass is 35.5. The number of hydrogen-bond donors (Lipinski definition) is 2. The van der Waals surface area contributed by atoms with Crippen LogP contribution in [0.15, 0.2) is 18.2 Å². The third kappa shape index (κ3) is 6.24. The first kappa shape index (κ1) is 14.1. The zero-order chi connectivity index (χ0) is 11.7. The van der Waals surface area contributed by atoms with Crippen molar-refractivity contribution in [2.24, 2.45) is 0 Å². The van der Waals surface area contributed by atoms with Crippen LogP contribution in [-0.2, 0) is 0 Å². The maximum atomic E-state index is 5.56. The van der Waals surface area contributed by atoms with E-state index in [1.165, 1.54) is 19.3 Å². The number of nitrogen functional groups attached to an aromatic ring is 2. The second-order valence-corrected chi connectivity index (χ2v) is 3.85. The minimum atomic E-state index is 0.662. The summed E-state index contributed by atoms with van der Waals surface area (Å²) in [6, 6.07) is 5.62. The highest BCUT2D eigenvalue weighted by Gasteiger charge is 1.93. The molecule has 4 N–H and O–H groups in total. The van der Waals surface area contributed by atoms with Gasteiger partial charge in [0.25, 0.3) is 0 Å². The number of nitrogens with two attached hydrogens (primary N) is 2. The maximum absolute atomic E-state index is 5.56. The van der Waals surface area contributed by atoms with E-state index in [-0.39, 0.29) is 0 Å². The van der Waals surface area contributed by atoms with Gasteiger partial charge in [0.15, 0.2) is 0 Å². The fourth-order valence-electron chi connectivity index (χ4n) is 1.05. The number of aryl methyl sites for hydroxylation is 1. The van der Waals surface area contributed by atoms with Crippen molar-refractivity contribution < 1.29 is 0 Å². The molecule has 86 valence electrons. The Labute approximate surface area is 97.6 Å². The molecule has 0 heterocycles. The highest BCUT2D eigenvalue weighted by molar-refractivity contribution is 6.17.